The number of methoxy groups -OCH3 is 2. The van der Waals surface area contributed by atoms with Gasteiger partial charge in [-0.2, -0.15) is 0 Å². The van der Waals surface area contributed by atoms with Gasteiger partial charge in [-0.05, 0) is 80.3 Å². The number of benzene rings is 2. The van der Waals surface area contributed by atoms with Crippen LogP contribution in [0.25, 0.3) is 6.08 Å². The topological polar surface area (TPSA) is 93.7 Å². The molecule has 0 aromatic heterocycles. The fourth-order valence-electron chi connectivity index (χ4n) is 5.42. The lowest BCUT2D eigenvalue weighted by Gasteiger charge is -2.28. The molecule has 2 aromatic rings. The first-order valence-electron chi connectivity index (χ1n) is 11.6. The van der Waals surface area contributed by atoms with Gasteiger partial charge in [-0.1, -0.05) is 18.6 Å². The number of ether oxygens (including phenoxy) is 2. The van der Waals surface area contributed by atoms with Crippen LogP contribution < -0.4 is 19.5 Å². The molecule has 2 aromatic carbocycles. The summed E-state index contributed by atoms with van der Waals surface area (Å²) in [7, 11) is -0.530. The number of anilines is 1. The lowest BCUT2D eigenvalue weighted by molar-refractivity contribution is -0.111. The Bertz CT molecular complexity index is 1160. The fourth-order valence-corrected chi connectivity index (χ4v) is 6.71. The molecule has 0 radical (unpaired) electrons. The molecule has 0 saturated heterocycles. The van der Waals surface area contributed by atoms with Crippen LogP contribution in [-0.2, 0) is 14.8 Å². The smallest absolute Gasteiger partial charge is 0.248 e. The third-order valence-electron chi connectivity index (χ3n) is 7.06. The van der Waals surface area contributed by atoms with Crippen LogP contribution in [0.4, 0.5) is 5.69 Å². The van der Waals surface area contributed by atoms with Gasteiger partial charge in [0.05, 0.1) is 19.1 Å². The van der Waals surface area contributed by atoms with Gasteiger partial charge in [-0.25, -0.2) is 13.1 Å². The van der Waals surface area contributed by atoms with E-state index in [4.69, 9.17) is 9.47 Å². The average Bonchev–Trinajstić information content (AvgIpc) is 3.46. The number of fused-ring (bicyclic) bond motifs is 2. The Hall–Kier alpha value is -2.84. The van der Waals surface area contributed by atoms with Gasteiger partial charge in [0.15, 0.2) is 11.5 Å². The van der Waals surface area contributed by atoms with E-state index in [1.807, 2.05) is 19.1 Å². The van der Waals surface area contributed by atoms with Gasteiger partial charge >= 0.3 is 0 Å². The largest absolute Gasteiger partial charge is 0.493 e. The highest BCUT2D eigenvalue weighted by Gasteiger charge is 2.42. The van der Waals surface area contributed by atoms with Gasteiger partial charge in [0, 0.05) is 23.4 Å². The Morgan fingerprint density at radius 1 is 1.06 bits per heavy atom. The van der Waals surface area contributed by atoms with Crippen LogP contribution in [0.2, 0.25) is 0 Å². The van der Waals surface area contributed by atoms with E-state index in [-0.39, 0.29) is 16.8 Å². The minimum absolute atomic E-state index is 0.0848. The summed E-state index contributed by atoms with van der Waals surface area (Å²) < 4.78 is 39.3. The number of carbonyl (C=O) groups is 1. The van der Waals surface area contributed by atoms with Crippen molar-refractivity contribution < 1.29 is 22.7 Å². The highest BCUT2D eigenvalue weighted by Crippen LogP contribution is 2.49. The first-order chi connectivity index (χ1) is 16.3. The maximum Gasteiger partial charge on any atom is 0.248 e. The van der Waals surface area contributed by atoms with E-state index in [1.165, 1.54) is 44.6 Å². The van der Waals surface area contributed by atoms with Crippen LogP contribution in [-0.4, -0.2) is 34.6 Å². The van der Waals surface area contributed by atoms with Crippen molar-refractivity contribution in [2.45, 2.75) is 43.5 Å². The highest BCUT2D eigenvalue weighted by atomic mass is 32.2. The third-order valence-corrected chi connectivity index (χ3v) is 8.63. The Morgan fingerprint density at radius 3 is 2.44 bits per heavy atom. The quantitative estimate of drug-likeness (QED) is 0.513. The highest BCUT2D eigenvalue weighted by molar-refractivity contribution is 7.89. The summed E-state index contributed by atoms with van der Waals surface area (Å²) in [5.74, 6) is 2.60. The van der Waals surface area contributed by atoms with Gasteiger partial charge < -0.3 is 14.8 Å². The molecule has 1 amide bonds. The Morgan fingerprint density at radius 2 is 1.82 bits per heavy atom. The summed E-state index contributed by atoms with van der Waals surface area (Å²) in [6.07, 6.45) is 7.89. The number of nitrogens with one attached hydrogen (secondary N) is 2. The van der Waals surface area contributed by atoms with Crippen LogP contribution in [0.3, 0.4) is 0 Å². The molecule has 0 heterocycles. The van der Waals surface area contributed by atoms with Gasteiger partial charge in [-0.3, -0.25) is 4.79 Å². The zero-order valence-corrected chi connectivity index (χ0v) is 20.6. The minimum atomic E-state index is -3.62. The molecule has 7 nitrogen and oxygen atoms in total. The van der Waals surface area contributed by atoms with Gasteiger partial charge in [0.25, 0.3) is 0 Å². The van der Waals surface area contributed by atoms with Crippen molar-refractivity contribution in [1.29, 1.82) is 0 Å². The van der Waals surface area contributed by atoms with Gasteiger partial charge in [0.2, 0.25) is 15.9 Å². The summed E-state index contributed by atoms with van der Waals surface area (Å²) in [5.41, 5.74) is 1.21. The predicted molar refractivity (Wildman–Crippen MR) is 132 cm³/mol. The maximum atomic E-state index is 12.9. The number of hydrogen-bond acceptors (Lipinski definition) is 5. The maximum absolute atomic E-state index is 12.9. The summed E-state index contributed by atoms with van der Waals surface area (Å²) in [6, 6.07) is 11.5. The molecule has 2 saturated carbocycles. The first-order valence-corrected chi connectivity index (χ1v) is 13.1. The summed E-state index contributed by atoms with van der Waals surface area (Å²) in [6.45, 7) is 1.97. The Balaban J connectivity index is 1.37. The van der Waals surface area contributed by atoms with Crippen molar-refractivity contribution in [3.63, 3.8) is 0 Å². The van der Waals surface area contributed by atoms with Crippen LogP contribution >= 0.6 is 0 Å². The van der Waals surface area contributed by atoms with Crippen LogP contribution in [0, 0.1) is 17.8 Å². The molecule has 4 atom stereocenters. The Labute approximate surface area is 201 Å². The molecule has 2 bridgehead atoms. The molecule has 8 heteroatoms. The van der Waals surface area contributed by atoms with E-state index in [0.29, 0.717) is 34.6 Å². The van der Waals surface area contributed by atoms with Crippen molar-refractivity contribution in [2.75, 3.05) is 19.5 Å². The molecule has 0 spiro atoms. The number of carbonyl (C=O) groups excluding carboxylic acids is 1. The zero-order valence-electron chi connectivity index (χ0n) is 19.8. The van der Waals surface area contributed by atoms with E-state index >= 15 is 0 Å². The third kappa shape index (κ3) is 5.28. The number of rotatable bonds is 9. The van der Waals surface area contributed by atoms with Gasteiger partial charge in [-0.15, -0.1) is 0 Å². The lowest BCUT2D eigenvalue weighted by Crippen LogP contribution is -2.40. The summed E-state index contributed by atoms with van der Waals surface area (Å²) in [5, 5.41) is 2.75. The van der Waals surface area contributed by atoms with Crippen LogP contribution in [0.1, 0.15) is 38.2 Å². The first kappa shape index (κ1) is 24.3. The molecular weight excluding hydrogens is 452 g/mol. The molecule has 2 aliphatic carbocycles. The van der Waals surface area contributed by atoms with E-state index in [1.54, 1.807) is 31.4 Å². The van der Waals surface area contributed by atoms with E-state index in [2.05, 4.69) is 10.0 Å². The van der Waals surface area contributed by atoms with Crippen molar-refractivity contribution in [2.24, 2.45) is 17.8 Å². The number of sulfonamides is 1. The fraction of sp³-hybridized carbons (Fsp3) is 0.423. The molecule has 0 aliphatic heterocycles. The number of amides is 1. The molecule has 182 valence electrons. The molecule has 2 aliphatic rings. The molecule has 0 unspecified atom stereocenters. The molecule has 2 N–H and O–H groups in total. The molecular formula is C26H32N2O5S. The second-order valence-corrected chi connectivity index (χ2v) is 10.9. The van der Waals surface area contributed by atoms with E-state index in [0.717, 1.165) is 12.3 Å². The average molecular weight is 485 g/mol. The van der Waals surface area contributed by atoms with E-state index in [9.17, 15) is 13.2 Å². The zero-order chi connectivity index (χ0) is 24.3. The molecule has 2 fully saturated rings. The SMILES string of the molecule is COc1cccc(/C=C/C(=O)Nc2ccc(S(=O)(=O)N[C@@H](C)[C@H]3C[C@H]4CC[C@H]3C4)cc2)c1OC. The summed E-state index contributed by atoms with van der Waals surface area (Å²) >= 11 is 0. The number of para-hydroxylation sites is 1. The van der Waals surface area contributed by atoms with E-state index < -0.39 is 10.0 Å². The second-order valence-electron chi connectivity index (χ2n) is 9.18. The number of hydrogen-bond donors (Lipinski definition) is 2. The Kier molecular flexibility index (Phi) is 7.28. The predicted octanol–water partition coefficient (Wildman–Crippen LogP) is 4.46. The summed E-state index contributed by atoms with van der Waals surface area (Å²) in [4.78, 5) is 12.6. The molecule has 34 heavy (non-hydrogen) atoms. The standard InChI is InChI=1S/C26H32N2O5S/c1-17(23-16-18-7-8-20(23)15-18)28-34(30,31)22-12-10-21(11-13-22)27-25(29)14-9-19-5-4-6-24(32-2)26(19)33-3/h4-6,9-14,17-18,20,23,28H,7-8,15-16H2,1-3H3,(H,27,29)/b14-9+/t17-,18-,20-,23+/m0/s1. The molecule has 4 rings (SSSR count). The van der Waals surface area contributed by atoms with Crippen LogP contribution in [0.5, 0.6) is 11.5 Å². The normalized spacial score (nSPS) is 22.6. The van der Waals surface area contributed by atoms with Crippen molar-refractivity contribution in [3.05, 3.63) is 54.1 Å². The van der Waals surface area contributed by atoms with Crippen molar-refractivity contribution >= 4 is 27.7 Å². The second kappa shape index (κ2) is 10.2. The van der Waals surface area contributed by atoms with Crippen molar-refractivity contribution in [3.8, 4) is 11.5 Å². The minimum Gasteiger partial charge on any atom is -0.493 e. The van der Waals surface area contributed by atoms with Gasteiger partial charge in [0.1, 0.15) is 0 Å². The van der Waals surface area contributed by atoms with Crippen molar-refractivity contribution in [1.82, 2.24) is 4.72 Å². The lowest BCUT2D eigenvalue weighted by atomic mass is 9.84. The monoisotopic (exact) mass is 484 g/mol. The van der Waals surface area contributed by atoms with Crippen LogP contribution in [0.15, 0.2) is 53.4 Å².